The second kappa shape index (κ2) is 7.77. The molecule has 9 nitrogen and oxygen atoms in total. The maximum absolute atomic E-state index is 13.9. The molecule has 166 valence electrons. The number of piperidine rings is 1. The first-order valence-corrected chi connectivity index (χ1v) is 10.5. The number of fused-ring (bicyclic) bond motifs is 2. The van der Waals surface area contributed by atoms with Gasteiger partial charge in [0.2, 0.25) is 5.91 Å². The molecule has 3 amide bonds. The zero-order chi connectivity index (χ0) is 22.3. The number of hydrogen-bond acceptors (Lipinski definition) is 5. The first-order chi connectivity index (χ1) is 15.4. The summed E-state index contributed by atoms with van der Waals surface area (Å²) in [5.41, 5.74) is 0.346. The number of para-hydroxylation sites is 1. The molecule has 2 aromatic heterocycles. The first kappa shape index (κ1) is 20.2. The summed E-state index contributed by atoms with van der Waals surface area (Å²) in [5, 5.41) is 11.2. The number of carbonyl (C=O) groups is 2. The summed E-state index contributed by atoms with van der Waals surface area (Å²) in [6, 6.07) is 9.36. The first-order valence-electron chi connectivity index (χ1n) is 10.5. The maximum Gasteiger partial charge on any atom is 0.321 e. The molecule has 4 heterocycles. The Morgan fingerprint density at radius 1 is 1.25 bits per heavy atom. The van der Waals surface area contributed by atoms with Crippen molar-refractivity contribution in [2.45, 2.75) is 38.3 Å². The van der Waals surface area contributed by atoms with Crippen LogP contribution < -0.4 is 10.2 Å². The molecule has 1 fully saturated rings. The van der Waals surface area contributed by atoms with Gasteiger partial charge in [-0.15, -0.1) is 0 Å². The summed E-state index contributed by atoms with van der Waals surface area (Å²) in [6.45, 7) is 3.00. The molecule has 1 saturated heterocycles. The number of amides is 3. The number of anilines is 2. The van der Waals surface area contributed by atoms with Gasteiger partial charge in [0, 0.05) is 25.2 Å². The summed E-state index contributed by atoms with van der Waals surface area (Å²) in [6.07, 6.45) is 3.14. The standard InChI is InChI=1S/C22H23FN6O3/c1-15-12-16(26-32-15)14-28-19-6-9-24-29(19)22(13-20(28)30)7-10-27(11-8-22)21(31)25-18-5-3-2-4-17(18)23/h2-6,9,12H,7-8,10-11,13-14H2,1H3,(H,25,31). The number of aryl methyl sites for hydroxylation is 1. The van der Waals surface area contributed by atoms with Gasteiger partial charge in [0.25, 0.3) is 0 Å². The molecule has 10 heteroatoms. The lowest BCUT2D eigenvalue weighted by molar-refractivity contribution is -0.123. The van der Waals surface area contributed by atoms with E-state index in [-0.39, 0.29) is 17.6 Å². The van der Waals surface area contributed by atoms with Crippen LogP contribution in [0, 0.1) is 12.7 Å². The van der Waals surface area contributed by atoms with Gasteiger partial charge >= 0.3 is 6.03 Å². The van der Waals surface area contributed by atoms with Gasteiger partial charge < -0.3 is 14.7 Å². The second-order valence-electron chi connectivity index (χ2n) is 8.31. The van der Waals surface area contributed by atoms with Gasteiger partial charge in [-0.1, -0.05) is 17.3 Å². The minimum Gasteiger partial charge on any atom is -0.361 e. The summed E-state index contributed by atoms with van der Waals surface area (Å²) in [5.74, 6) is 0.917. The normalized spacial score (nSPS) is 17.5. The maximum atomic E-state index is 13.9. The van der Waals surface area contributed by atoms with Crippen molar-refractivity contribution in [3.05, 3.63) is 59.9 Å². The molecule has 0 unspecified atom stereocenters. The smallest absolute Gasteiger partial charge is 0.321 e. The number of benzene rings is 1. The Kier molecular flexibility index (Phi) is 4.91. The average molecular weight is 438 g/mol. The summed E-state index contributed by atoms with van der Waals surface area (Å²) in [4.78, 5) is 29.1. The molecule has 0 saturated carbocycles. The highest BCUT2D eigenvalue weighted by Crippen LogP contribution is 2.41. The van der Waals surface area contributed by atoms with Gasteiger partial charge in [0.05, 0.1) is 30.4 Å². The Morgan fingerprint density at radius 2 is 2.03 bits per heavy atom. The van der Waals surface area contributed by atoms with Crippen LogP contribution in [-0.4, -0.2) is 44.9 Å². The van der Waals surface area contributed by atoms with Crippen LogP contribution in [0.4, 0.5) is 20.7 Å². The number of aromatic nitrogens is 3. The van der Waals surface area contributed by atoms with E-state index in [9.17, 15) is 14.0 Å². The average Bonchev–Trinajstić information content (AvgIpc) is 3.43. The van der Waals surface area contributed by atoms with Crippen molar-refractivity contribution in [1.82, 2.24) is 19.8 Å². The fraction of sp³-hybridized carbons (Fsp3) is 0.364. The van der Waals surface area contributed by atoms with Crippen LogP contribution in [0.15, 0.2) is 47.1 Å². The number of nitrogens with zero attached hydrogens (tertiary/aromatic N) is 5. The fourth-order valence-corrected chi connectivity index (χ4v) is 4.54. The molecule has 1 N–H and O–H groups in total. The molecule has 3 aromatic rings. The third-order valence-corrected chi connectivity index (χ3v) is 6.22. The molecular weight excluding hydrogens is 415 g/mol. The third-order valence-electron chi connectivity index (χ3n) is 6.22. The lowest BCUT2D eigenvalue weighted by Crippen LogP contribution is -2.55. The van der Waals surface area contributed by atoms with Gasteiger partial charge in [-0.2, -0.15) is 5.10 Å². The van der Waals surface area contributed by atoms with Gasteiger partial charge in [-0.3, -0.25) is 9.69 Å². The molecular formula is C22H23FN6O3. The highest BCUT2D eigenvalue weighted by molar-refractivity contribution is 5.94. The molecule has 1 spiro atoms. The molecule has 2 aliphatic heterocycles. The van der Waals surface area contributed by atoms with E-state index in [1.54, 1.807) is 28.1 Å². The Labute approximate surface area is 183 Å². The monoisotopic (exact) mass is 438 g/mol. The van der Waals surface area contributed by atoms with E-state index in [1.165, 1.54) is 12.1 Å². The van der Waals surface area contributed by atoms with E-state index in [4.69, 9.17) is 4.52 Å². The van der Waals surface area contributed by atoms with Crippen molar-refractivity contribution in [3.63, 3.8) is 0 Å². The van der Waals surface area contributed by atoms with Crippen LogP contribution >= 0.6 is 0 Å². The molecule has 0 atom stereocenters. The van der Waals surface area contributed by atoms with Crippen molar-refractivity contribution in [2.24, 2.45) is 0 Å². The van der Waals surface area contributed by atoms with Crippen LogP contribution in [0.2, 0.25) is 0 Å². The van der Waals surface area contributed by atoms with E-state index in [1.807, 2.05) is 23.7 Å². The Hall–Kier alpha value is -3.69. The Balaban J connectivity index is 1.31. The molecule has 0 aliphatic carbocycles. The van der Waals surface area contributed by atoms with Crippen molar-refractivity contribution < 1.29 is 18.5 Å². The van der Waals surface area contributed by atoms with Crippen molar-refractivity contribution >= 4 is 23.4 Å². The zero-order valence-electron chi connectivity index (χ0n) is 17.6. The summed E-state index contributed by atoms with van der Waals surface area (Å²) in [7, 11) is 0. The van der Waals surface area contributed by atoms with Gasteiger partial charge in [-0.05, 0) is 31.9 Å². The van der Waals surface area contributed by atoms with Gasteiger partial charge in [0.15, 0.2) is 0 Å². The number of rotatable bonds is 3. The topological polar surface area (TPSA) is 96.5 Å². The minimum absolute atomic E-state index is 0.0112. The van der Waals surface area contributed by atoms with Gasteiger partial charge in [-0.25, -0.2) is 13.9 Å². The van der Waals surface area contributed by atoms with Crippen LogP contribution in [0.5, 0.6) is 0 Å². The van der Waals surface area contributed by atoms with Crippen molar-refractivity contribution in [2.75, 3.05) is 23.3 Å². The molecule has 0 radical (unpaired) electrons. The molecule has 32 heavy (non-hydrogen) atoms. The number of urea groups is 1. The van der Waals surface area contributed by atoms with Crippen molar-refractivity contribution in [3.8, 4) is 0 Å². The number of likely N-dealkylation sites (tertiary alicyclic amines) is 1. The highest BCUT2D eigenvalue weighted by Gasteiger charge is 2.46. The molecule has 0 bridgehead atoms. The molecule has 2 aliphatic rings. The summed E-state index contributed by atoms with van der Waals surface area (Å²) >= 11 is 0. The zero-order valence-corrected chi connectivity index (χ0v) is 17.6. The van der Waals surface area contributed by atoms with E-state index in [2.05, 4.69) is 15.6 Å². The van der Waals surface area contributed by atoms with E-state index in [0.717, 1.165) is 0 Å². The largest absolute Gasteiger partial charge is 0.361 e. The van der Waals surface area contributed by atoms with Crippen LogP contribution in [0.3, 0.4) is 0 Å². The molecule has 5 rings (SSSR count). The van der Waals surface area contributed by atoms with Crippen molar-refractivity contribution in [1.29, 1.82) is 0 Å². The number of carbonyl (C=O) groups excluding carboxylic acids is 2. The number of halogens is 1. The predicted octanol–water partition coefficient (Wildman–Crippen LogP) is 3.28. The lowest BCUT2D eigenvalue weighted by Gasteiger charge is -2.46. The molecule has 1 aromatic carbocycles. The minimum atomic E-state index is -0.485. The van der Waals surface area contributed by atoms with E-state index >= 15 is 0 Å². The number of nitrogens with one attached hydrogen (secondary N) is 1. The van der Waals surface area contributed by atoms with E-state index < -0.39 is 11.4 Å². The Bertz CT molecular complexity index is 1160. The number of hydrogen-bond donors (Lipinski definition) is 1. The van der Waals surface area contributed by atoms with Crippen LogP contribution in [0.1, 0.15) is 30.7 Å². The fourth-order valence-electron chi connectivity index (χ4n) is 4.54. The van der Waals surface area contributed by atoms with Gasteiger partial charge in [0.1, 0.15) is 23.1 Å². The highest BCUT2D eigenvalue weighted by atomic mass is 19.1. The van der Waals surface area contributed by atoms with E-state index in [0.29, 0.717) is 56.2 Å². The predicted molar refractivity (Wildman–Crippen MR) is 113 cm³/mol. The SMILES string of the molecule is Cc1cc(CN2C(=O)CC3(CCN(C(=O)Nc4ccccc4F)CC3)n3nccc32)no1. The van der Waals surface area contributed by atoms with Crippen LogP contribution in [-0.2, 0) is 16.9 Å². The summed E-state index contributed by atoms with van der Waals surface area (Å²) < 4.78 is 20.9. The second-order valence-corrected chi connectivity index (χ2v) is 8.31. The quantitative estimate of drug-likeness (QED) is 0.677. The lowest BCUT2D eigenvalue weighted by atomic mass is 9.82. The van der Waals surface area contributed by atoms with Crippen LogP contribution in [0.25, 0.3) is 0 Å². The third kappa shape index (κ3) is 3.51. The Morgan fingerprint density at radius 3 is 2.75 bits per heavy atom.